The zero-order valence-corrected chi connectivity index (χ0v) is 8.10. The molecule has 0 aromatic carbocycles. The maximum atomic E-state index is 12.9. The fourth-order valence-electron chi connectivity index (χ4n) is 0.797. The molecule has 74 valence electrons. The minimum absolute atomic E-state index is 0.141. The maximum Gasteiger partial charge on any atom is 0.283 e. The lowest BCUT2D eigenvalue weighted by molar-refractivity contribution is -0.102. The Morgan fingerprint density at radius 2 is 1.83 bits per heavy atom. The van der Waals surface area contributed by atoms with E-state index in [9.17, 15) is 8.78 Å². The Bertz CT molecular complexity index is 126. The summed E-state index contributed by atoms with van der Waals surface area (Å²) in [6, 6.07) is 0. The summed E-state index contributed by atoms with van der Waals surface area (Å²) in [6.45, 7) is 2.72. The number of halogens is 2. The van der Waals surface area contributed by atoms with E-state index >= 15 is 0 Å². The van der Waals surface area contributed by atoms with Gasteiger partial charge < -0.3 is 9.64 Å². The molecule has 0 fully saturated rings. The maximum absolute atomic E-state index is 12.9. The summed E-state index contributed by atoms with van der Waals surface area (Å²) in [5, 5.41) is 0. The van der Waals surface area contributed by atoms with Gasteiger partial charge in [0.05, 0.1) is 12.6 Å². The van der Waals surface area contributed by atoms with Gasteiger partial charge in [-0.15, -0.1) is 0 Å². The molecule has 0 unspecified atom stereocenters. The van der Waals surface area contributed by atoms with Crippen LogP contribution in [0.15, 0.2) is 0 Å². The summed E-state index contributed by atoms with van der Waals surface area (Å²) < 4.78 is 30.6. The largest absolute Gasteiger partial charge is 0.372 e. The number of rotatable bonds is 5. The van der Waals surface area contributed by atoms with E-state index in [0.29, 0.717) is 0 Å². The van der Waals surface area contributed by atoms with Crippen LogP contribution in [-0.2, 0) is 4.74 Å². The van der Waals surface area contributed by atoms with Crippen LogP contribution >= 0.6 is 0 Å². The van der Waals surface area contributed by atoms with E-state index in [0.717, 1.165) is 0 Å². The molecular formula is C8H17F2NO. The van der Waals surface area contributed by atoms with Crippen molar-refractivity contribution in [3.05, 3.63) is 0 Å². The molecule has 0 rings (SSSR count). The van der Waals surface area contributed by atoms with Crippen LogP contribution < -0.4 is 0 Å². The molecule has 4 heteroatoms. The number of ether oxygens (including phenoxy) is 1. The molecular weight excluding hydrogens is 164 g/mol. The number of nitrogens with zero attached hydrogens (tertiary/aromatic N) is 1. The molecule has 0 bridgehead atoms. The Labute approximate surface area is 72.5 Å². The van der Waals surface area contributed by atoms with Crippen LogP contribution in [0.2, 0.25) is 0 Å². The Morgan fingerprint density at radius 3 is 2.17 bits per heavy atom. The van der Waals surface area contributed by atoms with Crippen LogP contribution in [0, 0.1) is 0 Å². The van der Waals surface area contributed by atoms with Crippen LogP contribution in [0.3, 0.4) is 0 Å². The third kappa shape index (κ3) is 6.49. The summed E-state index contributed by atoms with van der Waals surface area (Å²) in [4.78, 5) is 1.45. The second-order valence-corrected chi connectivity index (χ2v) is 3.45. The monoisotopic (exact) mass is 181 g/mol. The first-order valence-electron chi connectivity index (χ1n) is 3.97. The van der Waals surface area contributed by atoms with Crippen molar-refractivity contribution in [2.75, 3.05) is 27.2 Å². The second kappa shape index (κ2) is 4.72. The van der Waals surface area contributed by atoms with E-state index in [2.05, 4.69) is 0 Å². The highest BCUT2D eigenvalue weighted by atomic mass is 19.3. The van der Waals surface area contributed by atoms with Crippen LogP contribution in [0.1, 0.15) is 13.8 Å². The Kier molecular flexibility index (Phi) is 4.63. The second-order valence-electron chi connectivity index (χ2n) is 3.45. The molecule has 0 spiro atoms. The van der Waals surface area contributed by atoms with E-state index in [4.69, 9.17) is 4.74 Å². The normalized spacial score (nSPS) is 13.0. The van der Waals surface area contributed by atoms with Crippen molar-refractivity contribution in [1.82, 2.24) is 4.90 Å². The molecule has 0 radical (unpaired) electrons. The molecule has 0 amide bonds. The summed E-state index contributed by atoms with van der Waals surface area (Å²) in [5.41, 5.74) is 0. The molecule has 0 aliphatic rings. The van der Waals surface area contributed by atoms with E-state index in [1.165, 1.54) is 4.90 Å². The molecule has 0 aliphatic heterocycles. The smallest absolute Gasteiger partial charge is 0.283 e. The zero-order valence-electron chi connectivity index (χ0n) is 8.10. The molecule has 0 aromatic heterocycles. The Hall–Kier alpha value is -0.220. The van der Waals surface area contributed by atoms with Gasteiger partial charge in [0, 0.05) is 0 Å². The van der Waals surface area contributed by atoms with E-state index in [1.54, 1.807) is 27.9 Å². The summed E-state index contributed by atoms with van der Waals surface area (Å²) in [7, 11) is 3.23. The SMILES string of the molecule is CC(C)OCC(F)(F)CN(C)C. The van der Waals surface area contributed by atoms with Gasteiger partial charge in [0.1, 0.15) is 6.61 Å². The Morgan fingerprint density at radius 1 is 1.33 bits per heavy atom. The first kappa shape index (κ1) is 11.8. The standard InChI is InChI=1S/C8H17F2NO/c1-7(2)12-6-8(9,10)5-11(3)4/h7H,5-6H2,1-4H3. The minimum atomic E-state index is -2.74. The van der Waals surface area contributed by atoms with Gasteiger partial charge in [-0.05, 0) is 27.9 Å². The fraction of sp³-hybridized carbons (Fsp3) is 1.00. The highest BCUT2D eigenvalue weighted by Gasteiger charge is 2.30. The molecule has 0 aliphatic carbocycles. The van der Waals surface area contributed by atoms with Crippen molar-refractivity contribution in [1.29, 1.82) is 0 Å². The van der Waals surface area contributed by atoms with Crippen molar-refractivity contribution < 1.29 is 13.5 Å². The van der Waals surface area contributed by atoms with E-state index in [-0.39, 0.29) is 12.6 Å². The quantitative estimate of drug-likeness (QED) is 0.639. The van der Waals surface area contributed by atoms with E-state index < -0.39 is 12.5 Å². The summed E-state index contributed by atoms with van der Waals surface area (Å²) in [6.07, 6.45) is -0.141. The highest BCUT2D eigenvalue weighted by molar-refractivity contribution is 4.68. The zero-order chi connectivity index (χ0) is 9.78. The lowest BCUT2D eigenvalue weighted by Crippen LogP contribution is -2.36. The molecule has 0 saturated heterocycles. The van der Waals surface area contributed by atoms with Crippen molar-refractivity contribution in [3.63, 3.8) is 0 Å². The number of hydrogen-bond acceptors (Lipinski definition) is 2. The van der Waals surface area contributed by atoms with Gasteiger partial charge in [-0.1, -0.05) is 0 Å². The first-order chi connectivity index (χ1) is 5.33. The lowest BCUT2D eigenvalue weighted by atomic mass is 10.3. The predicted octanol–water partition coefficient (Wildman–Crippen LogP) is 1.61. The van der Waals surface area contributed by atoms with E-state index in [1.807, 2.05) is 0 Å². The van der Waals surface area contributed by atoms with Crippen LogP contribution in [0.25, 0.3) is 0 Å². The van der Waals surface area contributed by atoms with Crippen LogP contribution in [0.5, 0.6) is 0 Å². The van der Waals surface area contributed by atoms with Crippen LogP contribution in [0.4, 0.5) is 8.78 Å². The third-order valence-corrected chi connectivity index (χ3v) is 1.18. The topological polar surface area (TPSA) is 12.5 Å². The molecule has 2 nitrogen and oxygen atoms in total. The van der Waals surface area contributed by atoms with Gasteiger partial charge in [-0.2, -0.15) is 0 Å². The summed E-state index contributed by atoms with van der Waals surface area (Å²) in [5.74, 6) is -2.74. The van der Waals surface area contributed by atoms with Gasteiger partial charge in [0.15, 0.2) is 0 Å². The lowest BCUT2D eigenvalue weighted by Gasteiger charge is -2.21. The fourth-order valence-corrected chi connectivity index (χ4v) is 0.797. The van der Waals surface area contributed by atoms with Gasteiger partial charge in [-0.3, -0.25) is 0 Å². The number of hydrogen-bond donors (Lipinski definition) is 0. The van der Waals surface area contributed by atoms with Crippen molar-refractivity contribution >= 4 is 0 Å². The molecule has 0 heterocycles. The predicted molar refractivity (Wildman–Crippen MR) is 44.6 cm³/mol. The molecule has 0 saturated carbocycles. The Balaban J connectivity index is 3.71. The van der Waals surface area contributed by atoms with Crippen LogP contribution in [-0.4, -0.2) is 44.2 Å². The van der Waals surface area contributed by atoms with Gasteiger partial charge >= 0.3 is 0 Å². The molecule has 12 heavy (non-hydrogen) atoms. The minimum Gasteiger partial charge on any atom is -0.372 e. The van der Waals surface area contributed by atoms with Gasteiger partial charge in [0.25, 0.3) is 5.92 Å². The number of alkyl halides is 2. The highest BCUT2D eigenvalue weighted by Crippen LogP contribution is 2.15. The first-order valence-corrected chi connectivity index (χ1v) is 3.97. The molecule has 0 aromatic rings. The van der Waals surface area contributed by atoms with Crippen molar-refractivity contribution in [3.8, 4) is 0 Å². The van der Waals surface area contributed by atoms with Gasteiger partial charge in [-0.25, -0.2) is 8.78 Å². The summed E-state index contributed by atoms with van der Waals surface area (Å²) >= 11 is 0. The van der Waals surface area contributed by atoms with Crippen molar-refractivity contribution in [2.24, 2.45) is 0 Å². The average Bonchev–Trinajstić information content (AvgIpc) is 1.81. The third-order valence-electron chi connectivity index (χ3n) is 1.18. The molecule has 0 N–H and O–H groups in total. The van der Waals surface area contributed by atoms with Crippen molar-refractivity contribution in [2.45, 2.75) is 25.9 Å². The average molecular weight is 181 g/mol. The molecule has 0 atom stereocenters. The van der Waals surface area contributed by atoms with Gasteiger partial charge in [0.2, 0.25) is 0 Å².